The number of amides is 2. The monoisotopic (exact) mass is 420 g/mol. The van der Waals surface area contributed by atoms with Crippen LogP contribution in [0.3, 0.4) is 0 Å². The topological polar surface area (TPSA) is 58.2 Å². The minimum atomic E-state index is -0.252. The van der Waals surface area contributed by atoms with Crippen LogP contribution in [0.1, 0.15) is 34.1 Å². The lowest BCUT2D eigenvalue weighted by molar-refractivity contribution is -0.118. The lowest BCUT2D eigenvalue weighted by Gasteiger charge is -2.17. The van der Waals surface area contributed by atoms with Crippen molar-refractivity contribution in [1.29, 1.82) is 0 Å². The molecule has 30 heavy (non-hydrogen) atoms. The molecule has 0 radical (unpaired) electrons. The summed E-state index contributed by atoms with van der Waals surface area (Å²) in [5, 5.41) is 7.91. The molecule has 3 rings (SSSR count). The number of anilines is 2. The highest BCUT2D eigenvalue weighted by Crippen LogP contribution is 2.27. The summed E-state index contributed by atoms with van der Waals surface area (Å²) in [7, 11) is 0. The third-order valence-corrected chi connectivity index (χ3v) is 5.64. The normalized spacial score (nSPS) is 12.4. The lowest BCUT2D eigenvalue weighted by Crippen LogP contribution is -2.22. The van der Waals surface area contributed by atoms with E-state index >= 15 is 0 Å². The van der Waals surface area contributed by atoms with Gasteiger partial charge in [0, 0.05) is 22.7 Å². The van der Waals surface area contributed by atoms with Crippen molar-refractivity contribution in [3.8, 4) is 0 Å². The molecule has 0 fully saturated rings. The summed E-state index contributed by atoms with van der Waals surface area (Å²) in [6.45, 7) is 8.00. The van der Waals surface area contributed by atoms with Gasteiger partial charge in [0.15, 0.2) is 0 Å². The number of benzene rings is 3. The number of hydrogen-bond acceptors (Lipinski definition) is 3. The molecule has 2 N–H and O–H groups in total. The first-order chi connectivity index (χ1) is 14.2. The number of rotatable bonds is 6. The summed E-state index contributed by atoms with van der Waals surface area (Å²) < 4.78 is 0. The van der Waals surface area contributed by atoms with Crippen LogP contribution in [0.5, 0.6) is 0 Å². The average Bonchev–Trinajstić information content (AvgIpc) is 2.68. The van der Waals surface area contributed by atoms with E-state index < -0.39 is 0 Å². The molecule has 0 heterocycles. The average molecular weight is 421 g/mol. The summed E-state index contributed by atoms with van der Waals surface area (Å²) in [6.07, 6.45) is 0.468. The molecule has 4 nitrogen and oxygen atoms in total. The smallest absolute Gasteiger partial charge is 0.237 e. The minimum Gasteiger partial charge on any atom is -0.326 e. The van der Waals surface area contributed by atoms with Crippen molar-refractivity contribution < 1.29 is 9.59 Å². The molecule has 5 heteroatoms. The predicted molar refractivity (Wildman–Crippen MR) is 127 cm³/mol. The van der Waals surface area contributed by atoms with Crippen LogP contribution in [-0.4, -0.2) is 17.1 Å². The highest BCUT2D eigenvalue weighted by atomic mass is 32.2. The van der Waals surface area contributed by atoms with Crippen LogP contribution in [0.4, 0.5) is 11.4 Å². The Kier molecular flexibility index (Phi) is 6.83. The van der Waals surface area contributed by atoms with Crippen molar-refractivity contribution >= 4 is 45.7 Å². The molecule has 0 bridgehead atoms. The maximum Gasteiger partial charge on any atom is 0.237 e. The van der Waals surface area contributed by atoms with Gasteiger partial charge in [-0.25, -0.2) is 0 Å². The molecule has 156 valence electrons. The Hall–Kier alpha value is -2.79. The molecule has 1 atom stereocenters. The summed E-state index contributed by atoms with van der Waals surface area (Å²) in [5.41, 5.74) is 1.51. The van der Waals surface area contributed by atoms with Crippen LogP contribution < -0.4 is 10.6 Å². The minimum absolute atomic E-state index is 0.00559. The van der Waals surface area contributed by atoms with Crippen molar-refractivity contribution in [3.05, 3.63) is 66.7 Å². The van der Waals surface area contributed by atoms with Crippen LogP contribution in [0.25, 0.3) is 10.8 Å². The number of thioether (sulfide) groups is 1. The van der Waals surface area contributed by atoms with Gasteiger partial charge in [-0.1, -0.05) is 51.1 Å². The summed E-state index contributed by atoms with van der Waals surface area (Å²) in [5.74, 6) is -0.0381. The van der Waals surface area contributed by atoms with Gasteiger partial charge in [-0.2, -0.15) is 0 Å². The van der Waals surface area contributed by atoms with E-state index in [1.54, 1.807) is 0 Å². The molecule has 3 aromatic carbocycles. The largest absolute Gasteiger partial charge is 0.326 e. The maximum atomic E-state index is 12.6. The van der Waals surface area contributed by atoms with Gasteiger partial charge in [0.2, 0.25) is 11.8 Å². The van der Waals surface area contributed by atoms with Crippen molar-refractivity contribution in [2.75, 3.05) is 10.6 Å². The molecule has 0 saturated heterocycles. The van der Waals surface area contributed by atoms with Gasteiger partial charge < -0.3 is 10.6 Å². The van der Waals surface area contributed by atoms with Gasteiger partial charge in [-0.15, -0.1) is 11.8 Å². The molecular formula is C25H28N2O2S. The molecule has 0 aliphatic heterocycles. The van der Waals surface area contributed by atoms with Crippen LogP contribution in [0.15, 0.2) is 71.6 Å². The Morgan fingerprint density at radius 3 is 2.17 bits per heavy atom. The van der Waals surface area contributed by atoms with Crippen molar-refractivity contribution in [2.45, 2.75) is 44.3 Å². The van der Waals surface area contributed by atoms with Gasteiger partial charge in [-0.3, -0.25) is 9.59 Å². The third-order valence-electron chi connectivity index (χ3n) is 4.53. The lowest BCUT2D eigenvalue weighted by atomic mass is 9.92. The van der Waals surface area contributed by atoms with E-state index in [1.807, 2.05) is 88.4 Å². The zero-order valence-electron chi connectivity index (χ0n) is 17.9. The molecule has 0 aromatic heterocycles. The summed E-state index contributed by atoms with van der Waals surface area (Å²) in [4.78, 5) is 25.7. The second-order valence-electron chi connectivity index (χ2n) is 8.62. The Labute approximate surface area is 182 Å². The number of hydrogen-bond donors (Lipinski definition) is 2. The van der Waals surface area contributed by atoms with E-state index in [1.165, 1.54) is 11.8 Å². The molecule has 0 aliphatic rings. The molecule has 0 aliphatic carbocycles. The van der Waals surface area contributed by atoms with Gasteiger partial charge in [0.25, 0.3) is 0 Å². The van der Waals surface area contributed by atoms with Gasteiger partial charge in [-0.05, 0) is 59.5 Å². The quantitative estimate of drug-likeness (QED) is 0.458. The highest BCUT2D eigenvalue weighted by molar-refractivity contribution is 8.00. The Balaban J connectivity index is 1.56. The third kappa shape index (κ3) is 6.36. The molecule has 2 amide bonds. The fraction of sp³-hybridized carbons (Fsp3) is 0.280. The van der Waals surface area contributed by atoms with E-state index in [0.717, 1.165) is 27.0 Å². The number of nitrogens with one attached hydrogen (secondary N) is 2. The molecule has 3 aromatic rings. The maximum absolute atomic E-state index is 12.6. The zero-order valence-corrected chi connectivity index (χ0v) is 18.7. The first kappa shape index (κ1) is 21.9. The standard InChI is InChI=1S/C25H28N2O2S/c1-17(24(29)27-21-10-9-18-7-5-6-8-19(18)15-21)30-22-13-11-20(12-14-22)26-23(28)16-25(2,3)4/h5-15,17H,16H2,1-4H3,(H,26,28)(H,27,29). The van der Waals surface area contributed by atoms with Crippen molar-refractivity contribution in [3.63, 3.8) is 0 Å². The fourth-order valence-corrected chi connectivity index (χ4v) is 3.94. The number of fused-ring (bicyclic) bond motifs is 1. The SMILES string of the molecule is CC(Sc1ccc(NC(=O)CC(C)(C)C)cc1)C(=O)Nc1ccc2ccccc2c1. The first-order valence-corrected chi connectivity index (χ1v) is 10.9. The van der Waals surface area contributed by atoms with Gasteiger partial charge >= 0.3 is 0 Å². The van der Waals surface area contributed by atoms with Crippen molar-refractivity contribution in [2.24, 2.45) is 5.41 Å². The van der Waals surface area contributed by atoms with Crippen LogP contribution in [0, 0.1) is 5.41 Å². The van der Waals surface area contributed by atoms with Crippen LogP contribution in [-0.2, 0) is 9.59 Å². The Morgan fingerprint density at radius 2 is 1.50 bits per heavy atom. The fourth-order valence-electron chi connectivity index (χ4n) is 3.07. The predicted octanol–water partition coefficient (Wildman–Crippen LogP) is 6.33. The zero-order chi connectivity index (χ0) is 21.7. The first-order valence-electron chi connectivity index (χ1n) is 10.1. The van der Waals surface area contributed by atoms with Gasteiger partial charge in [0.1, 0.15) is 0 Å². The molecule has 0 spiro atoms. The van der Waals surface area contributed by atoms with E-state index in [-0.39, 0.29) is 22.5 Å². The van der Waals surface area contributed by atoms with Crippen LogP contribution in [0.2, 0.25) is 0 Å². The Morgan fingerprint density at radius 1 is 0.867 bits per heavy atom. The number of carbonyl (C=O) groups excluding carboxylic acids is 2. The summed E-state index contributed by atoms with van der Waals surface area (Å²) >= 11 is 1.49. The van der Waals surface area contributed by atoms with Gasteiger partial charge in [0.05, 0.1) is 5.25 Å². The van der Waals surface area contributed by atoms with Crippen molar-refractivity contribution in [1.82, 2.24) is 0 Å². The second kappa shape index (κ2) is 9.35. The van der Waals surface area contributed by atoms with E-state index in [4.69, 9.17) is 0 Å². The van der Waals surface area contributed by atoms with E-state index in [0.29, 0.717) is 6.42 Å². The van der Waals surface area contributed by atoms with E-state index in [2.05, 4.69) is 16.7 Å². The molecular weight excluding hydrogens is 392 g/mol. The van der Waals surface area contributed by atoms with Crippen LogP contribution >= 0.6 is 11.8 Å². The Bertz CT molecular complexity index is 1040. The highest BCUT2D eigenvalue weighted by Gasteiger charge is 2.17. The van der Waals surface area contributed by atoms with E-state index in [9.17, 15) is 9.59 Å². The molecule has 0 saturated carbocycles. The summed E-state index contributed by atoms with van der Waals surface area (Å²) in [6, 6.07) is 21.6. The number of carbonyl (C=O) groups is 2. The second-order valence-corrected chi connectivity index (χ2v) is 10.0. The molecule has 1 unspecified atom stereocenters.